The van der Waals surface area contributed by atoms with Gasteiger partial charge in [-0.1, -0.05) is 37.2 Å². The molecule has 7 heteroatoms. The molecule has 0 aliphatic rings. The second-order valence-corrected chi connectivity index (χ2v) is 5.61. The van der Waals surface area contributed by atoms with Crippen molar-refractivity contribution in [3.63, 3.8) is 0 Å². The number of nitrogens with one attached hydrogen (secondary N) is 2. The molecule has 26 heavy (non-hydrogen) atoms. The highest BCUT2D eigenvalue weighted by atomic mass is 127. The van der Waals surface area contributed by atoms with Gasteiger partial charge in [-0.3, -0.25) is 4.99 Å². The summed E-state index contributed by atoms with van der Waals surface area (Å²) in [6, 6.07) is 9.85. The number of halogens is 1. The van der Waals surface area contributed by atoms with Crippen LogP contribution in [0.2, 0.25) is 0 Å². The Bertz CT molecular complexity index is 637. The summed E-state index contributed by atoms with van der Waals surface area (Å²) in [5, 5.41) is 10.8. The maximum absolute atomic E-state index is 5.68. The first kappa shape index (κ1) is 22.3. The summed E-state index contributed by atoms with van der Waals surface area (Å²) >= 11 is 0. The predicted octanol–water partition coefficient (Wildman–Crippen LogP) is 3.55. The van der Waals surface area contributed by atoms with Gasteiger partial charge in [0, 0.05) is 32.1 Å². The van der Waals surface area contributed by atoms with E-state index in [9.17, 15) is 0 Å². The van der Waals surface area contributed by atoms with E-state index in [1.54, 1.807) is 7.05 Å². The van der Waals surface area contributed by atoms with Crippen LogP contribution in [0.15, 0.2) is 39.8 Å². The van der Waals surface area contributed by atoms with Gasteiger partial charge < -0.3 is 19.9 Å². The third-order valence-electron chi connectivity index (χ3n) is 3.89. The summed E-state index contributed by atoms with van der Waals surface area (Å²) in [6.07, 6.45) is 2.60. The van der Waals surface area contributed by atoms with Crippen molar-refractivity contribution in [1.29, 1.82) is 0 Å². The molecule has 0 saturated heterocycles. The molecule has 144 valence electrons. The fourth-order valence-corrected chi connectivity index (χ4v) is 2.52. The van der Waals surface area contributed by atoms with Gasteiger partial charge in [0.25, 0.3) is 0 Å². The van der Waals surface area contributed by atoms with E-state index in [0.717, 1.165) is 54.5 Å². The first-order valence-electron chi connectivity index (χ1n) is 8.87. The monoisotopic (exact) mass is 472 g/mol. The number of benzene rings is 1. The topological polar surface area (TPSA) is 71.7 Å². The Morgan fingerprint density at radius 1 is 1.15 bits per heavy atom. The lowest BCUT2D eigenvalue weighted by Crippen LogP contribution is -2.37. The van der Waals surface area contributed by atoms with Crippen LogP contribution in [0.25, 0.3) is 0 Å². The zero-order valence-corrected chi connectivity index (χ0v) is 18.1. The molecule has 0 radical (unpaired) electrons. The lowest BCUT2D eigenvalue weighted by molar-refractivity contribution is 0.311. The second kappa shape index (κ2) is 12.6. The molecule has 0 unspecified atom stereocenters. The smallest absolute Gasteiger partial charge is 0.191 e. The first-order chi connectivity index (χ1) is 12.3. The van der Waals surface area contributed by atoms with Gasteiger partial charge in [-0.25, -0.2) is 0 Å². The minimum absolute atomic E-state index is 0. The lowest BCUT2D eigenvalue weighted by atomic mass is 10.1. The summed E-state index contributed by atoms with van der Waals surface area (Å²) in [5.74, 6) is 2.61. The minimum Gasteiger partial charge on any atom is -0.494 e. The number of aryl methyl sites for hydroxylation is 2. The van der Waals surface area contributed by atoms with Crippen molar-refractivity contribution >= 4 is 29.9 Å². The van der Waals surface area contributed by atoms with Gasteiger partial charge in [0.2, 0.25) is 0 Å². The van der Waals surface area contributed by atoms with E-state index < -0.39 is 0 Å². The molecule has 1 heterocycles. The van der Waals surface area contributed by atoms with Crippen LogP contribution in [-0.4, -0.2) is 31.3 Å². The molecule has 2 aromatic rings. The van der Waals surface area contributed by atoms with Crippen LogP contribution >= 0.6 is 24.0 Å². The molecular weight excluding hydrogens is 443 g/mol. The predicted molar refractivity (Wildman–Crippen MR) is 115 cm³/mol. The van der Waals surface area contributed by atoms with Gasteiger partial charge in [0.05, 0.1) is 12.3 Å². The number of aliphatic imine (C=N–C) groups is 1. The minimum atomic E-state index is 0. The summed E-state index contributed by atoms with van der Waals surface area (Å²) in [5.41, 5.74) is 2.15. The zero-order valence-electron chi connectivity index (χ0n) is 15.7. The van der Waals surface area contributed by atoms with Gasteiger partial charge >= 0.3 is 0 Å². The summed E-state index contributed by atoms with van der Waals surface area (Å²) in [6.45, 7) is 6.27. The van der Waals surface area contributed by atoms with Crippen molar-refractivity contribution in [1.82, 2.24) is 15.8 Å². The Kier molecular flexibility index (Phi) is 10.8. The average molecular weight is 472 g/mol. The zero-order chi connectivity index (χ0) is 17.9. The average Bonchev–Trinajstić information content (AvgIpc) is 3.06. The molecule has 2 rings (SSSR count). The van der Waals surface area contributed by atoms with Crippen LogP contribution in [0, 0.1) is 0 Å². The molecule has 0 aliphatic heterocycles. The van der Waals surface area contributed by atoms with E-state index in [1.807, 2.05) is 30.3 Å². The number of nitrogens with zero attached hydrogens (tertiary/aromatic N) is 2. The quantitative estimate of drug-likeness (QED) is 0.253. The van der Waals surface area contributed by atoms with E-state index in [4.69, 9.17) is 9.26 Å². The number of rotatable bonds is 9. The van der Waals surface area contributed by atoms with Crippen LogP contribution in [-0.2, 0) is 19.4 Å². The standard InChI is InChI=1S/C19H28N4O2.HI/c1-4-17-16(18(5-2)25-23-17)14-22-19(20-3)21-12-9-13-24-15-10-7-6-8-11-15;/h6-8,10-11H,4-5,9,12-14H2,1-3H3,(H2,20,21,22);1H. The Labute approximate surface area is 172 Å². The molecule has 0 saturated carbocycles. The molecule has 0 amide bonds. The number of hydrogen-bond acceptors (Lipinski definition) is 4. The van der Waals surface area contributed by atoms with Gasteiger partial charge in [-0.2, -0.15) is 0 Å². The lowest BCUT2D eigenvalue weighted by Gasteiger charge is -2.12. The van der Waals surface area contributed by atoms with Crippen molar-refractivity contribution in [2.45, 2.75) is 39.7 Å². The van der Waals surface area contributed by atoms with Crippen LogP contribution < -0.4 is 15.4 Å². The Balaban J connectivity index is 0.00000338. The maximum atomic E-state index is 5.68. The number of hydrogen-bond donors (Lipinski definition) is 2. The highest BCUT2D eigenvalue weighted by Gasteiger charge is 2.13. The molecule has 1 aromatic heterocycles. The molecule has 0 atom stereocenters. The molecule has 0 fully saturated rings. The highest BCUT2D eigenvalue weighted by molar-refractivity contribution is 14.0. The Hall–Kier alpha value is -1.77. The number of para-hydroxylation sites is 1. The van der Waals surface area contributed by atoms with Crippen molar-refractivity contribution in [2.24, 2.45) is 4.99 Å². The molecule has 0 bridgehead atoms. The number of ether oxygens (including phenoxy) is 1. The summed E-state index contributed by atoms with van der Waals surface area (Å²) in [7, 11) is 1.77. The third kappa shape index (κ3) is 6.86. The Morgan fingerprint density at radius 3 is 2.58 bits per heavy atom. The first-order valence-corrected chi connectivity index (χ1v) is 8.87. The van der Waals surface area contributed by atoms with Gasteiger partial charge in [0.15, 0.2) is 5.96 Å². The van der Waals surface area contributed by atoms with Crippen LogP contribution in [0.4, 0.5) is 0 Å². The van der Waals surface area contributed by atoms with E-state index >= 15 is 0 Å². The van der Waals surface area contributed by atoms with E-state index in [2.05, 4.69) is 34.6 Å². The van der Waals surface area contributed by atoms with E-state index in [-0.39, 0.29) is 24.0 Å². The number of guanidine groups is 1. The van der Waals surface area contributed by atoms with Gasteiger partial charge in [0.1, 0.15) is 11.5 Å². The summed E-state index contributed by atoms with van der Waals surface area (Å²) in [4.78, 5) is 4.26. The largest absolute Gasteiger partial charge is 0.494 e. The maximum Gasteiger partial charge on any atom is 0.191 e. The molecular formula is C19H29IN4O2. The number of aromatic nitrogens is 1. The van der Waals surface area contributed by atoms with Crippen molar-refractivity contribution in [3.8, 4) is 5.75 Å². The molecule has 6 nitrogen and oxygen atoms in total. The van der Waals surface area contributed by atoms with Crippen LogP contribution in [0.3, 0.4) is 0 Å². The Morgan fingerprint density at radius 2 is 1.92 bits per heavy atom. The summed E-state index contributed by atoms with van der Waals surface area (Å²) < 4.78 is 11.1. The molecule has 0 spiro atoms. The van der Waals surface area contributed by atoms with Crippen LogP contribution in [0.5, 0.6) is 5.75 Å². The SMILES string of the molecule is CCc1noc(CC)c1CNC(=NC)NCCCOc1ccccc1.I. The van der Waals surface area contributed by atoms with Crippen molar-refractivity contribution < 1.29 is 9.26 Å². The highest BCUT2D eigenvalue weighted by Crippen LogP contribution is 2.15. The van der Waals surface area contributed by atoms with Crippen LogP contribution in [0.1, 0.15) is 37.3 Å². The second-order valence-electron chi connectivity index (χ2n) is 5.61. The molecule has 1 aromatic carbocycles. The van der Waals surface area contributed by atoms with Crippen molar-refractivity contribution in [3.05, 3.63) is 47.3 Å². The normalized spacial score (nSPS) is 11.0. The fraction of sp³-hybridized carbons (Fsp3) is 0.474. The van der Waals surface area contributed by atoms with Gasteiger partial charge in [-0.05, 0) is 25.0 Å². The fourth-order valence-electron chi connectivity index (χ4n) is 2.52. The third-order valence-corrected chi connectivity index (χ3v) is 3.89. The van der Waals surface area contributed by atoms with E-state index in [0.29, 0.717) is 13.2 Å². The van der Waals surface area contributed by atoms with E-state index in [1.165, 1.54) is 0 Å². The molecule has 0 aliphatic carbocycles. The van der Waals surface area contributed by atoms with Gasteiger partial charge in [-0.15, -0.1) is 24.0 Å². The van der Waals surface area contributed by atoms with Crippen molar-refractivity contribution in [2.75, 3.05) is 20.2 Å². The molecule has 2 N–H and O–H groups in total.